The fourth-order valence-electron chi connectivity index (χ4n) is 2.56. The Hall–Kier alpha value is -2.19. The Bertz CT molecular complexity index is 795. The fraction of sp³-hybridized carbons (Fsp3) is 0.0526. The molecule has 0 saturated heterocycles. The first kappa shape index (κ1) is 14.7. The number of alkyl halides is 1. The molecule has 0 radical (unpaired) electrons. The smallest absolute Gasteiger partial charge is 0.131 e. The highest BCUT2D eigenvalue weighted by molar-refractivity contribution is 6.17. The minimum absolute atomic E-state index is 0.276. The highest BCUT2D eigenvalue weighted by atomic mass is 35.5. The standard InChI is InChI=1S/C19H13ClF2/c20-12-14-4-3-6-16(13-8-10-15(21)11-9-13)19(14)17-5-1-2-7-18(17)22/h1-11H,12H2. The van der Waals surface area contributed by atoms with Gasteiger partial charge in [-0.1, -0.05) is 48.5 Å². The molecule has 3 rings (SSSR count). The zero-order valence-corrected chi connectivity index (χ0v) is 12.4. The van der Waals surface area contributed by atoms with E-state index >= 15 is 0 Å². The van der Waals surface area contributed by atoms with E-state index in [1.807, 2.05) is 18.2 Å². The van der Waals surface area contributed by atoms with E-state index in [-0.39, 0.29) is 17.5 Å². The first-order valence-corrected chi connectivity index (χ1v) is 7.43. The average molecular weight is 315 g/mol. The lowest BCUT2D eigenvalue weighted by atomic mass is 9.91. The van der Waals surface area contributed by atoms with Crippen LogP contribution >= 0.6 is 11.6 Å². The van der Waals surface area contributed by atoms with Gasteiger partial charge in [0.2, 0.25) is 0 Å². The predicted octanol–water partition coefficient (Wildman–Crippen LogP) is 6.04. The third-order valence-electron chi connectivity index (χ3n) is 3.59. The first-order valence-electron chi connectivity index (χ1n) is 6.89. The number of hydrogen-bond acceptors (Lipinski definition) is 0. The molecular weight excluding hydrogens is 302 g/mol. The summed E-state index contributed by atoms with van der Waals surface area (Å²) < 4.78 is 27.4. The van der Waals surface area contributed by atoms with Gasteiger partial charge < -0.3 is 0 Å². The first-order chi connectivity index (χ1) is 10.7. The van der Waals surface area contributed by atoms with Crippen LogP contribution in [0.25, 0.3) is 22.3 Å². The maximum absolute atomic E-state index is 14.2. The van der Waals surface area contributed by atoms with Crippen molar-refractivity contribution in [1.82, 2.24) is 0 Å². The normalized spacial score (nSPS) is 10.7. The monoisotopic (exact) mass is 314 g/mol. The summed E-state index contributed by atoms with van der Waals surface area (Å²) in [7, 11) is 0. The summed E-state index contributed by atoms with van der Waals surface area (Å²) in [6.45, 7) is 0. The molecule has 0 N–H and O–H groups in total. The largest absolute Gasteiger partial charge is 0.207 e. The van der Waals surface area contributed by atoms with Crippen LogP contribution < -0.4 is 0 Å². The van der Waals surface area contributed by atoms with Gasteiger partial charge in [-0.05, 0) is 40.5 Å². The third-order valence-corrected chi connectivity index (χ3v) is 3.88. The van der Waals surface area contributed by atoms with Gasteiger partial charge in [0, 0.05) is 11.4 Å². The van der Waals surface area contributed by atoms with Crippen molar-refractivity contribution in [3.63, 3.8) is 0 Å². The summed E-state index contributed by atoms with van der Waals surface area (Å²) in [4.78, 5) is 0. The van der Waals surface area contributed by atoms with Crippen LogP contribution in [0.2, 0.25) is 0 Å². The molecule has 0 aliphatic carbocycles. The molecule has 0 saturated carbocycles. The van der Waals surface area contributed by atoms with Gasteiger partial charge >= 0.3 is 0 Å². The Balaban J connectivity index is 2.28. The molecule has 3 aromatic carbocycles. The summed E-state index contributed by atoms with van der Waals surface area (Å²) in [5, 5.41) is 0. The van der Waals surface area contributed by atoms with Crippen LogP contribution in [0.3, 0.4) is 0 Å². The average Bonchev–Trinajstić information content (AvgIpc) is 2.55. The molecule has 0 aromatic heterocycles. The van der Waals surface area contributed by atoms with Crippen LogP contribution in [0.15, 0.2) is 66.7 Å². The van der Waals surface area contributed by atoms with E-state index < -0.39 is 0 Å². The van der Waals surface area contributed by atoms with Crippen LogP contribution in [-0.2, 0) is 5.88 Å². The molecule has 110 valence electrons. The van der Waals surface area contributed by atoms with Gasteiger partial charge in [0.15, 0.2) is 0 Å². The highest BCUT2D eigenvalue weighted by Gasteiger charge is 2.14. The van der Waals surface area contributed by atoms with Gasteiger partial charge in [0.05, 0.1) is 0 Å². The van der Waals surface area contributed by atoms with Gasteiger partial charge in [0.25, 0.3) is 0 Å². The van der Waals surface area contributed by atoms with E-state index in [1.54, 1.807) is 30.3 Å². The lowest BCUT2D eigenvalue weighted by Gasteiger charge is -2.15. The van der Waals surface area contributed by atoms with E-state index in [4.69, 9.17) is 11.6 Å². The topological polar surface area (TPSA) is 0 Å². The molecule has 0 bridgehead atoms. The Kier molecular flexibility index (Phi) is 4.21. The molecule has 0 spiro atoms. The molecule has 0 unspecified atom stereocenters. The van der Waals surface area contributed by atoms with Crippen molar-refractivity contribution in [2.24, 2.45) is 0 Å². The van der Waals surface area contributed by atoms with Crippen LogP contribution in [0.5, 0.6) is 0 Å². The highest BCUT2D eigenvalue weighted by Crippen LogP contribution is 2.37. The van der Waals surface area contributed by atoms with Crippen molar-refractivity contribution >= 4 is 11.6 Å². The van der Waals surface area contributed by atoms with Crippen molar-refractivity contribution in [3.05, 3.63) is 83.9 Å². The second kappa shape index (κ2) is 6.29. The maximum atomic E-state index is 14.2. The van der Waals surface area contributed by atoms with Crippen LogP contribution in [0, 0.1) is 11.6 Å². The number of halogens is 3. The second-order valence-electron chi connectivity index (χ2n) is 4.96. The molecule has 3 aromatic rings. The van der Waals surface area contributed by atoms with Gasteiger partial charge in [-0.25, -0.2) is 8.78 Å². The van der Waals surface area contributed by atoms with Crippen molar-refractivity contribution < 1.29 is 8.78 Å². The maximum Gasteiger partial charge on any atom is 0.131 e. The second-order valence-corrected chi connectivity index (χ2v) is 5.23. The van der Waals surface area contributed by atoms with E-state index in [2.05, 4.69) is 0 Å². The van der Waals surface area contributed by atoms with E-state index in [1.165, 1.54) is 18.2 Å². The summed E-state index contributed by atoms with van der Waals surface area (Å²) in [6, 6.07) is 18.4. The SMILES string of the molecule is Fc1ccc(-c2cccc(CCl)c2-c2ccccc2F)cc1. The number of hydrogen-bond donors (Lipinski definition) is 0. The Labute approximate surface area is 133 Å². The molecule has 0 atom stereocenters. The van der Waals surface area contributed by atoms with Crippen molar-refractivity contribution in [2.45, 2.75) is 5.88 Å². The minimum Gasteiger partial charge on any atom is -0.207 e. The molecule has 3 heteroatoms. The molecular formula is C19H13ClF2. The van der Waals surface area contributed by atoms with E-state index in [0.29, 0.717) is 5.56 Å². The zero-order valence-electron chi connectivity index (χ0n) is 11.7. The Morgan fingerprint density at radius 2 is 1.41 bits per heavy atom. The summed E-state index contributed by atoms with van der Waals surface area (Å²) in [5.74, 6) is -0.327. The van der Waals surface area contributed by atoms with Crippen molar-refractivity contribution in [2.75, 3.05) is 0 Å². The van der Waals surface area contributed by atoms with Gasteiger partial charge in [0.1, 0.15) is 11.6 Å². The molecule has 0 fully saturated rings. The molecule has 0 aliphatic heterocycles. The minimum atomic E-state index is -0.302. The van der Waals surface area contributed by atoms with Gasteiger partial charge in [-0.3, -0.25) is 0 Å². The van der Waals surface area contributed by atoms with Crippen LogP contribution in [0.1, 0.15) is 5.56 Å². The Morgan fingerprint density at radius 3 is 2.09 bits per heavy atom. The van der Waals surface area contributed by atoms with Gasteiger partial charge in [-0.15, -0.1) is 11.6 Å². The fourth-order valence-corrected chi connectivity index (χ4v) is 2.79. The number of benzene rings is 3. The lowest BCUT2D eigenvalue weighted by molar-refractivity contribution is 0.628. The van der Waals surface area contributed by atoms with E-state index in [9.17, 15) is 8.78 Å². The van der Waals surface area contributed by atoms with Crippen LogP contribution in [-0.4, -0.2) is 0 Å². The molecule has 22 heavy (non-hydrogen) atoms. The summed E-state index contributed by atoms with van der Waals surface area (Å²) in [6.07, 6.45) is 0. The van der Waals surface area contributed by atoms with Crippen molar-refractivity contribution in [3.8, 4) is 22.3 Å². The quantitative estimate of drug-likeness (QED) is 0.517. The van der Waals surface area contributed by atoms with Crippen molar-refractivity contribution in [1.29, 1.82) is 0 Å². The molecule has 0 aliphatic rings. The lowest BCUT2D eigenvalue weighted by Crippen LogP contribution is -1.94. The summed E-state index contributed by atoms with van der Waals surface area (Å²) >= 11 is 6.04. The molecule has 0 nitrogen and oxygen atoms in total. The van der Waals surface area contributed by atoms with Crippen LogP contribution in [0.4, 0.5) is 8.78 Å². The Morgan fingerprint density at radius 1 is 0.727 bits per heavy atom. The molecule has 0 amide bonds. The predicted molar refractivity (Wildman–Crippen MR) is 86.8 cm³/mol. The zero-order chi connectivity index (χ0) is 15.5. The number of rotatable bonds is 3. The van der Waals surface area contributed by atoms with Gasteiger partial charge in [-0.2, -0.15) is 0 Å². The third kappa shape index (κ3) is 2.75. The van der Waals surface area contributed by atoms with E-state index in [0.717, 1.165) is 22.3 Å². The summed E-state index contributed by atoms with van der Waals surface area (Å²) in [5.41, 5.74) is 3.75. The molecule has 0 heterocycles.